The average molecular weight is 563 g/mol. The highest BCUT2D eigenvalue weighted by Gasteiger charge is 2.57. The van der Waals surface area contributed by atoms with Crippen molar-refractivity contribution in [1.82, 2.24) is 0 Å². The average Bonchev–Trinajstić information content (AvgIpc) is 3.66. The van der Waals surface area contributed by atoms with Crippen LogP contribution in [-0.4, -0.2) is 129 Å². The number of aliphatic hydroxyl groups is 5. The van der Waals surface area contributed by atoms with Crippen LogP contribution in [0.1, 0.15) is 58.8 Å². The van der Waals surface area contributed by atoms with Gasteiger partial charge in [0.25, 0.3) is 0 Å². The molecule has 13 heteroatoms. The van der Waals surface area contributed by atoms with E-state index in [9.17, 15) is 35.4 Å². The Morgan fingerprint density at radius 1 is 0.846 bits per heavy atom. The SMILES string of the molecule is CC1O[C@@H](OC2[C@H](C)CCC[C@H]2O[C@@H]2OC(CO)[C@H](O)C3O[C@@H](C(=O)O)CCC4(CC4)OC32)[C@@H](O)C(O)[C@@H]1O. The van der Waals surface area contributed by atoms with Gasteiger partial charge in [-0.3, -0.25) is 0 Å². The number of carboxylic acids is 1. The quantitative estimate of drug-likeness (QED) is 0.232. The summed E-state index contributed by atoms with van der Waals surface area (Å²) in [6, 6.07) is 0. The Kier molecular flexibility index (Phi) is 8.87. The van der Waals surface area contributed by atoms with Gasteiger partial charge in [0.05, 0.1) is 30.5 Å². The first-order chi connectivity index (χ1) is 18.5. The largest absolute Gasteiger partial charge is 0.479 e. The van der Waals surface area contributed by atoms with Gasteiger partial charge in [0.1, 0.15) is 42.7 Å². The van der Waals surface area contributed by atoms with Crippen LogP contribution in [0.2, 0.25) is 0 Å². The molecule has 0 radical (unpaired) electrons. The Morgan fingerprint density at radius 3 is 2.26 bits per heavy atom. The molecule has 13 nitrogen and oxygen atoms in total. The number of carbonyl (C=O) groups is 1. The Labute approximate surface area is 226 Å². The first kappa shape index (κ1) is 29.5. The first-order valence-corrected chi connectivity index (χ1v) is 14.0. The van der Waals surface area contributed by atoms with Crippen LogP contribution < -0.4 is 0 Å². The fourth-order valence-electron chi connectivity index (χ4n) is 6.28. The fraction of sp³-hybridized carbons (Fsp3) is 0.962. The Bertz CT molecular complexity index is 854. The molecule has 14 atom stereocenters. The van der Waals surface area contributed by atoms with Crippen molar-refractivity contribution in [2.24, 2.45) is 5.92 Å². The molecule has 5 rings (SSSR count). The van der Waals surface area contributed by atoms with Crippen molar-refractivity contribution in [1.29, 1.82) is 0 Å². The predicted molar refractivity (Wildman–Crippen MR) is 129 cm³/mol. The van der Waals surface area contributed by atoms with Crippen LogP contribution in [0.25, 0.3) is 0 Å². The van der Waals surface area contributed by atoms with E-state index in [0.717, 1.165) is 25.7 Å². The topological polar surface area (TPSA) is 194 Å². The molecule has 6 N–H and O–H groups in total. The number of fused-ring (bicyclic) bond motifs is 1. The summed E-state index contributed by atoms with van der Waals surface area (Å²) in [5.74, 6) is -1.16. The van der Waals surface area contributed by atoms with E-state index in [1.165, 1.54) is 0 Å². The molecule has 224 valence electrons. The van der Waals surface area contributed by atoms with E-state index in [1.54, 1.807) is 6.92 Å². The molecule has 3 aliphatic heterocycles. The van der Waals surface area contributed by atoms with Crippen molar-refractivity contribution in [3.8, 4) is 0 Å². The zero-order valence-electron chi connectivity index (χ0n) is 22.3. The number of hydrogen-bond acceptors (Lipinski definition) is 12. The third kappa shape index (κ3) is 6.00. The molecule has 2 saturated carbocycles. The molecule has 6 unspecified atom stereocenters. The maximum Gasteiger partial charge on any atom is 0.332 e. The Hall–Kier alpha value is -0.970. The van der Waals surface area contributed by atoms with Gasteiger partial charge in [-0.05, 0) is 51.4 Å². The van der Waals surface area contributed by atoms with E-state index in [2.05, 4.69) is 0 Å². The van der Waals surface area contributed by atoms with Gasteiger partial charge in [-0.2, -0.15) is 0 Å². The number of ether oxygens (including phenoxy) is 6. The third-order valence-corrected chi connectivity index (χ3v) is 8.94. The molecular weight excluding hydrogens is 520 g/mol. The zero-order chi connectivity index (χ0) is 28.1. The summed E-state index contributed by atoms with van der Waals surface area (Å²) < 4.78 is 36.6. The lowest BCUT2D eigenvalue weighted by molar-refractivity contribution is -0.360. The normalized spacial score (nSPS) is 50.0. The molecule has 0 aromatic heterocycles. The summed E-state index contributed by atoms with van der Waals surface area (Å²) in [6.45, 7) is 3.01. The molecule has 0 amide bonds. The maximum atomic E-state index is 11.9. The van der Waals surface area contributed by atoms with Crippen LogP contribution in [0.15, 0.2) is 0 Å². The molecule has 2 aliphatic carbocycles. The van der Waals surface area contributed by atoms with Gasteiger partial charge in [0.2, 0.25) is 0 Å². The van der Waals surface area contributed by atoms with Crippen molar-refractivity contribution in [2.75, 3.05) is 6.61 Å². The van der Waals surface area contributed by atoms with E-state index >= 15 is 0 Å². The van der Waals surface area contributed by atoms with Crippen molar-refractivity contribution in [3.05, 3.63) is 0 Å². The lowest BCUT2D eigenvalue weighted by Gasteiger charge is -2.49. The summed E-state index contributed by atoms with van der Waals surface area (Å²) in [5, 5.41) is 61.4. The Morgan fingerprint density at radius 2 is 1.59 bits per heavy atom. The van der Waals surface area contributed by atoms with Crippen LogP contribution >= 0.6 is 0 Å². The van der Waals surface area contributed by atoms with Crippen molar-refractivity contribution in [2.45, 2.75) is 144 Å². The first-order valence-electron chi connectivity index (χ1n) is 14.0. The standard InChI is InChI=1S/C26H42O13/c1-11-4-3-5-13(20(11)38-24-19(31)18(30)16(28)12(2)34-24)36-25-22-21(17(29)15(10-27)37-25)35-14(23(32)33)6-7-26(39-22)8-9-26/h11-22,24-25,27-31H,3-10H2,1-2H3,(H,32,33)/t11-,12?,13-,14-,15?,16-,17+,18?,19+,20?,21?,22?,24+,25-/m1/s1. The molecule has 0 aromatic rings. The summed E-state index contributed by atoms with van der Waals surface area (Å²) in [6.07, 6.45) is -9.68. The van der Waals surface area contributed by atoms with Crippen molar-refractivity contribution >= 4 is 5.97 Å². The third-order valence-electron chi connectivity index (χ3n) is 8.94. The van der Waals surface area contributed by atoms with Gasteiger partial charge in [0.15, 0.2) is 18.7 Å². The van der Waals surface area contributed by atoms with Crippen LogP contribution in [0, 0.1) is 5.92 Å². The second kappa shape index (κ2) is 11.7. The molecule has 1 spiro atoms. The minimum atomic E-state index is -1.47. The lowest BCUT2D eigenvalue weighted by atomic mass is 9.85. The molecule has 39 heavy (non-hydrogen) atoms. The number of rotatable bonds is 6. The highest BCUT2D eigenvalue weighted by atomic mass is 16.7. The minimum absolute atomic E-state index is 0.0295. The second-order valence-electron chi connectivity index (χ2n) is 11.8. The van der Waals surface area contributed by atoms with Gasteiger partial charge in [-0.1, -0.05) is 13.3 Å². The van der Waals surface area contributed by atoms with E-state index in [4.69, 9.17) is 28.4 Å². The van der Waals surface area contributed by atoms with Crippen molar-refractivity contribution in [3.63, 3.8) is 0 Å². The summed E-state index contributed by atoms with van der Waals surface area (Å²) in [5.41, 5.74) is -0.542. The van der Waals surface area contributed by atoms with E-state index < -0.39 is 97.9 Å². The molecule has 3 saturated heterocycles. The van der Waals surface area contributed by atoms with Crippen LogP contribution in [0.5, 0.6) is 0 Å². The van der Waals surface area contributed by atoms with Crippen molar-refractivity contribution < 1.29 is 63.9 Å². The van der Waals surface area contributed by atoms with Crippen LogP contribution in [0.4, 0.5) is 0 Å². The van der Waals surface area contributed by atoms with Crippen LogP contribution in [0.3, 0.4) is 0 Å². The summed E-state index contributed by atoms with van der Waals surface area (Å²) >= 11 is 0. The fourth-order valence-corrected chi connectivity index (χ4v) is 6.28. The molecule has 5 fully saturated rings. The van der Waals surface area contributed by atoms with Gasteiger partial charge in [-0.25, -0.2) is 4.79 Å². The number of aliphatic hydroxyl groups excluding tert-OH is 5. The molecule has 3 heterocycles. The van der Waals surface area contributed by atoms with E-state index in [1.807, 2.05) is 6.92 Å². The Balaban J connectivity index is 1.37. The predicted octanol–water partition coefficient (Wildman–Crippen LogP) is -0.968. The highest BCUT2D eigenvalue weighted by molar-refractivity contribution is 5.72. The molecule has 5 aliphatic rings. The zero-order valence-corrected chi connectivity index (χ0v) is 22.3. The van der Waals surface area contributed by atoms with E-state index in [0.29, 0.717) is 12.8 Å². The smallest absolute Gasteiger partial charge is 0.332 e. The number of carboxylic acid groups (broad SMARTS) is 1. The number of hydrogen-bond donors (Lipinski definition) is 6. The molecule has 0 aromatic carbocycles. The van der Waals surface area contributed by atoms with Gasteiger partial charge in [-0.15, -0.1) is 0 Å². The lowest BCUT2D eigenvalue weighted by Crippen LogP contribution is -2.64. The molecular formula is C26H42O13. The number of aliphatic carboxylic acids is 1. The van der Waals surface area contributed by atoms with Gasteiger partial charge >= 0.3 is 5.97 Å². The maximum absolute atomic E-state index is 11.9. The highest BCUT2D eigenvalue weighted by Crippen LogP contribution is 2.49. The monoisotopic (exact) mass is 562 g/mol. The second-order valence-corrected chi connectivity index (χ2v) is 11.8. The summed E-state index contributed by atoms with van der Waals surface area (Å²) in [4.78, 5) is 11.9. The van der Waals surface area contributed by atoms with E-state index in [-0.39, 0.29) is 12.3 Å². The molecule has 0 bridgehead atoms. The van der Waals surface area contributed by atoms with Gasteiger partial charge < -0.3 is 59.1 Å². The van der Waals surface area contributed by atoms with Gasteiger partial charge in [0, 0.05) is 0 Å². The summed E-state index contributed by atoms with van der Waals surface area (Å²) in [7, 11) is 0. The minimum Gasteiger partial charge on any atom is -0.479 e. The van der Waals surface area contributed by atoms with Crippen LogP contribution in [-0.2, 0) is 33.2 Å².